The van der Waals surface area contributed by atoms with Gasteiger partial charge >= 0.3 is 0 Å². The van der Waals surface area contributed by atoms with Crippen molar-refractivity contribution in [1.82, 2.24) is 17.9 Å². The van der Waals surface area contributed by atoms with Gasteiger partial charge in [-0.3, -0.25) is 17.9 Å². The molecular weight excluding hydrogens is 737 g/mol. The highest BCUT2D eigenvalue weighted by Gasteiger charge is 2.46. The monoisotopic (exact) mass is 750 g/mol. The number of fused-ring (bicyclic) bond motifs is 16. The van der Waals surface area contributed by atoms with E-state index >= 15 is 43.9 Å². The third-order valence-electron chi connectivity index (χ3n) is 11.2. The van der Waals surface area contributed by atoms with E-state index < -0.39 is 70.4 Å². The van der Waals surface area contributed by atoms with Crippen LogP contribution in [0.5, 0.6) is 0 Å². The first-order valence-corrected chi connectivity index (χ1v) is 16.7. The summed E-state index contributed by atoms with van der Waals surface area (Å²) in [7, 11) is 0. The molecule has 55 heavy (non-hydrogen) atoms. The van der Waals surface area contributed by atoms with Crippen LogP contribution in [0.25, 0.3) is 77.7 Å². The summed E-state index contributed by atoms with van der Waals surface area (Å²) in [6.07, 6.45) is 0. The van der Waals surface area contributed by atoms with Crippen LogP contribution < -0.4 is 16.4 Å². The fraction of sp³-hybridized carbons (Fsp3) is 0. The van der Waals surface area contributed by atoms with Crippen molar-refractivity contribution in [1.29, 1.82) is 0 Å². The zero-order valence-electron chi connectivity index (χ0n) is 27.2. The quantitative estimate of drug-likeness (QED) is 0.118. The number of hydrogen-bond acceptors (Lipinski definition) is 0. The fourth-order valence-electron chi connectivity index (χ4n) is 9.21. The molecule has 10 aromatic rings. The first-order valence-electron chi connectivity index (χ1n) is 16.7. The Balaban J connectivity index is 1.41. The molecule has 266 valence electrons. The van der Waals surface area contributed by atoms with Crippen LogP contribution in [0.3, 0.4) is 0 Å². The number of rotatable bonds is 1. The Morgan fingerprint density at radius 2 is 0.727 bits per heavy atom. The Hall–Kier alpha value is -6.64. The lowest BCUT2D eigenvalue weighted by Gasteiger charge is -2.32. The molecule has 0 spiro atoms. The molecule has 0 radical (unpaired) electrons. The minimum atomic E-state index is -1.26. The fourth-order valence-corrected chi connectivity index (χ4v) is 9.21. The molecule has 4 nitrogen and oxygen atoms in total. The molecule has 0 unspecified atom stereocenters. The standard InChI is InChI=1S/C40H13BF10N4/c42-17-2-1-3-18(43)35(17)14-4-33-38-34(5-14)55-32-13-26(51)24(49)11-30(32)53-28-9-22(47)20(45)7-16(28)37(40(53)55)41(38)36-15-6-19(44)21(46)8-27(15)52-29-10-23(48)25(50)12-31(29)54(33)39(36)52/h1-13H. The van der Waals surface area contributed by atoms with Gasteiger partial charge in [-0.05, 0) is 58.4 Å². The second-order valence-corrected chi connectivity index (χ2v) is 13.9. The Kier molecular flexibility index (Phi) is 5.44. The Morgan fingerprint density at radius 3 is 1.15 bits per heavy atom. The van der Waals surface area contributed by atoms with Gasteiger partial charge in [0.2, 0.25) is 0 Å². The molecule has 6 aromatic carbocycles. The largest absolute Gasteiger partial charge is 0.295 e. The lowest BCUT2D eigenvalue weighted by atomic mass is 9.34. The topological polar surface area (TPSA) is 18.7 Å². The molecule has 0 saturated heterocycles. The molecule has 6 heterocycles. The predicted molar refractivity (Wildman–Crippen MR) is 187 cm³/mol. The molecule has 0 atom stereocenters. The van der Waals surface area contributed by atoms with Gasteiger partial charge in [-0.2, -0.15) is 0 Å². The van der Waals surface area contributed by atoms with Gasteiger partial charge in [0.25, 0.3) is 6.71 Å². The average molecular weight is 750 g/mol. The summed E-state index contributed by atoms with van der Waals surface area (Å²) < 4.78 is 159. The third kappa shape index (κ3) is 3.48. The zero-order chi connectivity index (χ0) is 37.7. The third-order valence-corrected chi connectivity index (χ3v) is 11.2. The molecular formula is C40H13BF10N4. The van der Waals surface area contributed by atoms with Gasteiger partial charge in [0.1, 0.15) is 22.9 Å². The summed E-state index contributed by atoms with van der Waals surface area (Å²) in [4.78, 5) is 0. The van der Waals surface area contributed by atoms with Crippen molar-refractivity contribution < 1.29 is 43.9 Å². The second-order valence-electron chi connectivity index (χ2n) is 13.9. The second kappa shape index (κ2) is 9.72. The molecule has 15 heteroatoms. The van der Waals surface area contributed by atoms with Gasteiger partial charge in [-0.15, -0.1) is 0 Å². The van der Waals surface area contributed by atoms with Crippen LogP contribution in [0.1, 0.15) is 0 Å². The maximum absolute atomic E-state index is 15.7. The summed E-state index contributed by atoms with van der Waals surface area (Å²) in [5, 5.41) is 0.244. The van der Waals surface area contributed by atoms with Gasteiger partial charge in [0.15, 0.2) is 46.5 Å². The van der Waals surface area contributed by atoms with Gasteiger partial charge in [-0.25, -0.2) is 43.9 Å². The maximum atomic E-state index is 15.7. The van der Waals surface area contributed by atoms with Crippen LogP contribution in [0.2, 0.25) is 0 Å². The van der Waals surface area contributed by atoms with E-state index in [9.17, 15) is 0 Å². The normalized spacial score (nSPS) is 13.2. The van der Waals surface area contributed by atoms with E-state index in [-0.39, 0.29) is 83.0 Å². The van der Waals surface area contributed by atoms with Crippen LogP contribution in [-0.2, 0) is 0 Å². The molecule has 0 fully saturated rings. The first kappa shape index (κ1) is 30.8. The summed E-state index contributed by atoms with van der Waals surface area (Å²) >= 11 is 0. The number of halogens is 10. The average Bonchev–Trinajstić information content (AvgIpc) is 3.83. The lowest BCUT2D eigenvalue weighted by Crippen LogP contribution is -2.59. The van der Waals surface area contributed by atoms with E-state index in [1.54, 1.807) is 0 Å². The Morgan fingerprint density at radius 1 is 0.364 bits per heavy atom. The molecule has 2 aliphatic heterocycles. The van der Waals surface area contributed by atoms with Crippen molar-refractivity contribution in [3.8, 4) is 22.5 Å². The van der Waals surface area contributed by atoms with Gasteiger partial charge in [0.05, 0.1) is 38.7 Å². The summed E-state index contributed by atoms with van der Waals surface area (Å²) in [5.74, 6) is -11.9. The van der Waals surface area contributed by atoms with Gasteiger partial charge in [0, 0.05) is 58.5 Å². The number of imidazole rings is 2. The van der Waals surface area contributed by atoms with E-state index in [1.165, 1.54) is 36.1 Å². The predicted octanol–water partition coefficient (Wildman–Crippen LogP) is 8.59. The Labute approximate surface area is 299 Å². The van der Waals surface area contributed by atoms with Crippen LogP contribution in [-0.4, -0.2) is 24.6 Å². The van der Waals surface area contributed by atoms with Crippen LogP contribution in [0.15, 0.2) is 78.9 Å². The number of benzene rings is 6. The first-order chi connectivity index (χ1) is 26.4. The molecule has 12 rings (SSSR count). The van der Waals surface area contributed by atoms with E-state index in [1.807, 2.05) is 0 Å². The smallest absolute Gasteiger partial charge is 0.258 e. The molecule has 4 aromatic heterocycles. The van der Waals surface area contributed by atoms with E-state index in [0.717, 1.165) is 60.7 Å². The summed E-state index contributed by atoms with van der Waals surface area (Å²) in [5.41, 5.74) is 1.09. The van der Waals surface area contributed by atoms with Crippen molar-refractivity contribution >= 4 is 78.3 Å². The van der Waals surface area contributed by atoms with Gasteiger partial charge < -0.3 is 0 Å². The minimum Gasteiger partial charge on any atom is -0.295 e. The van der Waals surface area contributed by atoms with Crippen molar-refractivity contribution in [2.45, 2.75) is 0 Å². The number of nitrogens with zero attached hydrogens (tertiary/aromatic N) is 4. The van der Waals surface area contributed by atoms with E-state index in [4.69, 9.17) is 0 Å². The minimum absolute atomic E-state index is 0.0219. The molecule has 0 bridgehead atoms. The van der Waals surface area contributed by atoms with Crippen LogP contribution in [0, 0.1) is 58.2 Å². The van der Waals surface area contributed by atoms with Crippen molar-refractivity contribution in [3.05, 3.63) is 137 Å². The van der Waals surface area contributed by atoms with Crippen molar-refractivity contribution in [2.24, 2.45) is 0 Å². The van der Waals surface area contributed by atoms with E-state index in [2.05, 4.69) is 0 Å². The molecule has 0 saturated carbocycles. The zero-order valence-corrected chi connectivity index (χ0v) is 27.2. The van der Waals surface area contributed by atoms with Crippen LogP contribution in [0.4, 0.5) is 43.9 Å². The SMILES string of the molecule is Fc1cc2c3c4n(c5cc(F)c(F)cc5n4c2cc1F)-c1cc(-c2c(F)cccc2F)cc2c1B3c1c3cc(F)c(F)cc3n3c4cc(F)c(F)cc4n-2c13. The molecule has 2 aliphatic rings. The molecule has 0 N–H and O–H groups in total. The van der Waals surface area contributed by atoms with Crippen molar-refractivity contribution in [2.75, 3.05) is 0 Å². The highest BCUT2D eigenvalue weighted by Crippen LogP contribution is 2.42. The maximum Gasteiger partial charge on any atom is 0.258 e. The number of hydrogen-bond donors (Lipinski definition) is 0. The van der Waals surface area contributed by atoms with Crippen molar-refractivity contribution in [3.63, 3.8) is 0 Å². The van der Waals surface area contributed by atoms with Gasteiger partial charge in [-0.1, -0.05) is 6.07 Å². The highest BCUT2D eigenvalue weighted by molar-refractivity contribution is 7.02. The molecule has 0 amide bonds. The van der Waals surface area contributed by atoms with E-state index in [0.29, 0.717) is 5.46 Å². The Bertz CT molecular complexity index is 3300. The van der Waals surface area contributed by atoms with Crippen LogP contribution >= 0.6 is 0 Å². The summed E-state index contributed by atoms with van der Waals surface area (Å²) in [6.45, 7) is -1.10. The molecule has 0 aliphatic carbocycles. The lowest BCUT2D eigenvalue weighted by molar-refractivity contribution is 0.510. The number of aromatic nitrogens is 4. The summed E-state index contributed by atoms with van der Waals surface area (Å²) in [6, 6.07) is 13.3. The highest BCUT2D eigenvalue weighted by atomic mass is 19.2.